The lowest BCUT2D eigenvalue weighted by Crippen LogP contribution is -2.28. The van der Waals surface area contributed by atoms with Crippen LogP contribution in [0.25, 0.3) is 0 Å². The zero-order valence-electron chi connectivity index (χ0n) is 11.1. The van der Waals surface area contributed by atoms with E-state index in [0.717, 1.165) is 0 Å². The van der Waals surface area contributed by atoms with Gasteiger partial charge in [0.05, 0.1) is 12.2 Å². The molecule has 5 nitrogen and oxygen atoms in total. The van der Waals surface area contributed by atoms with E-state index in [9.17, 15) is 9.59 Å². The predicted octanol–water partition coefficient (Wildman–Crippen LogP) is 2.28. The molecule has 0 saturated carbocycles. The van der Waals surface area contributed by atoms with Crippen molar-refractivity contribution in [3.63, 3.8) is 0 Å². The topological polar surface area (TPSA) is 72.8 Å². The molecular formula is C14H18O5. The minimum atomic E-state index is -0.896. The minimum absolute atomic E-state index is 0.0611. The molecule has 1 N–H and O–H groups in total. The van der Waals surface area contributed by atoms with E-state index in [1.54, 1.807) is 6.92 Å². The summed E-state index contributed by atoms with van der Waals surface area (Å²) in [5, 5.41) is 9.13. The van der Waals surface area contributed by atoms with Crippen LogP contribution in [-0.4, -0.2) is 29.8 Å². The number of esters is 2. The highest BCUT2D eigenvalue weighted by molar-refractivity contribution is 5.91. The fraction of sp³-hybridized carbons (Fsp3) is 0.429. The lowest BCUT2D eigenvalue weighted by atomic mass is 10.2. The summed E-state index contributed by atoms with van der Waals surface area (Å²) in [4.78, 5) is 23.4. The average molecular weight is 266 g/mol. The van der Waals surface area contributed by atoms with Gasteiger partial charge in [-0.2, -0.15) is 0 Å². The third-order valence-corrected chi connectivity index (χ3v) is 2.43. The van der Waals surface area contributed by atoms with E-state index >= 15 is 0 Å². The summed E-state index contributed by atoms with van der Waals surface area (Å²) in [7, 11) is 0. The fourth-order valence-corrected chi connectivity index (χ4v) is 1.39. The van der Waals surface area contributed by atoms with Crippen molar-refractivity contribution in [3.8, 4) is 5.75 Å². The van der Waals surface area contributed by atoms with Gasteiger partial charge in [0.15, 0.2) is 6.10 Å². The zero-order chi connectivity index (χ0) is 14.3. The molecule has 104 valence electrons. The summed E-state index contributed by atoms with van der Waals surface area (Å²) in [5.74, 6) is -1.08. The van der Waals surface area contributed by atoms with Gasteiger partial charge in [0, 0.05) is 0 Å². The fourth-order valence-electron chi connectivity index (χ4n) is 1.39. The highest BCUT2D eigenvalue weighted by Gasteiger charge is 2.23. The molecule has 1 aromatic carbocycles. The molecule has 0 spiro atoms. The lowest BCUT2D eigenvalue weighted by molar-refractivity contribution is -0.154. The van der Waals surface area contributed by atoms with E-state index in [1.807, 2.05) is 6.92 Å². The largest absolute Gasteiger partial charge is 0.508 e. The van der Waals surface area contributed by atoms with Crippen molar-refractivity contribution < 1.29 is 24.2 Å². The molecule has 1 aromatic rings. The molecular weight excluding hydrogens is 248 g/mol. The van der Waals surface area contributed by atoms with Crippen molar-refractivity contribution in [3.05, 3.63) is 29.8 Å². The first-order chi connectivity index (χ1) is 9.08. The van der Waals surface area contributed by atoms with E-state index in [1.165, 1.54) is 24.3 Å². The molecule has 0 aliphatic rings. The van der Waals surface area contributed by atoms with Gasteiger partial charge in [0.1, 0.15) is 5.75 Å². The monoisotopic (exact) mass is 266 g/mol. The number of rotatable bonds is 6. The number of benzene rings is 1. The van der Waals surface area contributed by atoms with Crippen LogP contribution in [0.4, 0.5) is 0 Å². The predicted molar refractivity (Wildman–Crippen MR) is 68.9 cm³/mol. The smallest absolute Gasteiger partial charge is 0.347 e. The van der Waals surface area contributed by atoms with Gasteiger partial charge in [0.25, 0.3) is 0 Å². The molecule has 1 atom stereocenters. The van der Waals surface area contributed by atoms with Crippen LogP contribution in [0.2, 0.25) is 0 Å². The Labute approximate surface area is 112 Å². The minimum Gasteiger partial charge on any atom is -0.508 e. The van der Waals surface area contributed by atoms with Gasteiger partial charge in [-0.1, -0.05) is 13.8 Å². The van der Waals surface area contributed by atoms with Crippen LogP contribution in [0.1, 0.15) is 37.0 Å². The summed E-state index contributed by atoms with van der Waals surface area (Å²) < 4.78 is 10.0. The van der Waals surface area contributed by atoms with Crippen LogP contribution in [0.3, 0.4) is 0 Å². The van der Waals surface area contributed by atoms with Gasteiger partial charge in [-0.15, -0.1) is 0 Å². The maximum atomic E-state index is 11.8. The Bertz CT molecular complexity index is 424. The molecule has 19 heavy (non-hydrogen) atoms. The number of phenolic OH excluding ortho intramolecular Hbond substituents is 1. The van der Waals surface area contributed by atoms with Crippen LogP contribution in [0, 0.1) is 0 Å². The lowest BCUT2D eigenvalue weighted by Gasteiger charge is -2.15. The number of hydrogen-bond acceptors (Lipinski definition) is 5. The van der Waals surface area contributed by atoms with Crippen LogP contribution >= 0.6 is 0 Å². The standard InChI is InChI=1S/C14H18O5/c1-3-9-18-14(17)12(4-2)19-13(16)10-5-7-11(15)8-6-10/h5-8,12,15H,3-4,9H2,1-2H3. The van der Waals surface area contributed by atoms with Crippen LogP contribution in [0.5, 0.6) is 5.75 Å². The Kier molecular flexibility index (Phi) is 5.85. The molecule has 5 heteroatoms. The van der Waals surface area contributed by atoms with E-state index in [2.05, 4.69) is 0 Å². The highest BCUT2D eigenvalue weighted by atomic mass is 16.6. The van der Waals surface area contributed by atoms with Gasteiger partial charge in [-0.05, 0) is 37.1 Å². The molecule has 0 fully saturated rings. The second kappa shape index (κ2) is 7.41. The van der Waals surface area contributed by atoms with Crippen LogP contribution in [0.15, 0.2) is 24.3 Å². The van der Waals surface area contributed by atoms with E-state index < -0.39 is 18.0 Å². The number of carbonyl (C=O) groups excluding carboxylic acids is 2. The third kappa shape index (κ3) is 4.62. The zero-order valence-corrected chi connectivity index (χ0v) is 11.1. The molecule has 0 saturated heterocycles. The SMILES string of the molecule is CCCOC(=O)C(CC)OC(=O)c1ccc(O)cc1. The normalized spacial score (nSPS) is 11.7. The Morgan fingerprint density at radius 2 is 1.84 bits per heavy atom. The van der Waals surface area contributed by atoms with Crippen molar-refractivity contribution >= 4 is 11.9 Å². The number of ether oxygens (including phenoxy) is 2. The van der Waals surface area contributed by atoms with Gasteiger partial charge >= 0.3 is 11.9 Å². The average Bonchev–Trinajstić information content (AvgIpc) is 2.42. The molecule has 0 aromatic heterocycles. The van der Waals surface area contributed by atoms with Crippen LogP contribution in [-0.2, 0) is 14.3 Å². The second-order valence-corrected chi connectivity index (χ2v) is 4.02. The van der Waals surface area contributed by atoms with Gasteiger partial charge < -0.3 is 14.6 Å². The molecule has 0 aliphatic carbocycles. The van der Waals surface area contributed by atoms with E-state index in [-0.39, 0.29) is 11.3 Å². The Balaban J connectivity index is 2.62. The Morgan fingerprint density at radius 1 is 1.21 bits per heavy atom. The van der Waals surface area contributed by atoms with E-state index in [4.69, 9.17) is 14.6 Å². The van der Waals surface area contributed by atoms with Crippen molar-refractivity contribution in [1.29, 1.82) is 0 Å². The Hall–Kier alpha value is -2.04. The van der Waals surface area contributed by atoms with Crippen molar-refractivity contribution in [2.75, 3.05) is 6.61 Å². The first kappa shape index (κ1) is 15.0. The maximum absolute atomic E-state index is 11.8. The summed E-state index contributed by atoms with van der Waals surface area (Å²) in [6.45, 7) is 3.94. The summed E-state index contributed by atoms with van der Waals surface area (Å²) in [6, 6.07) is 5.63. The third-order valence-electron chi connectivity index (χ3n) is 2.43. The van der Waals surface area contributed by atoms with Crippen LogP contribution < -0.4 is 0 Å². The highest BCUT2D eigenvalue weighted by Crippen LogP contribution is 2.12. The molecule has 0 amide bonds. The van der Waals surface area contributed by atoms with Crippen molar-refractivity contribution in [2.45, 2.75) is 32.8 Å². The number of carbonyl (C=O) groups is 2. The molecule has 0 heterocycles. The van der Waals surface area contributed by atoms with Gasteiger partial charge in [-0.3, -0.25) is 0 Å². The van der Waals surface area contributed by atoms with Crippen molar-refractivity contribution in [1.82, 2.24) is 0 Å². The maximum Gasteiger partial charge on any atom is 0.347 e. The second-order valence-electron chi connectivity index (χ2n) is 4.02. The molecule has 0 bridgehead atoms. The van der Waals surface area contributed by atoms with Crippen molar-refractivity contribution in [2.24, 2.45) is 0 Å². The summed E-state index contributed by atoms with van der Waals surface area (Å²) >= 11 is 0. The first-order valence-electron chi connectivity index (χ1n) is 6.25. The Morgan fingerprint density at radius 3 is 2.37 bits per heavy atom. The van der Waals surface area contributed by atoms with Gasteiger partial charge in [-0.25, -0.2) is 9.59 Å². The molecule has 1 unspecified atom stereocenters. The number of hydrogen-bond donors (Lipinski definition) is 1. The molecule has 0 aliphatic heterocycles. The number of aromatic hydroxyl groups is 1. The summed E-state index contributed by atoms with van der Waals surface area (Å²) in [6.07, 6.45) is 0.174. The van der Waals surface area contributed by atoms with E-state index in [0.29, 0.717) is 19.4 Å². The first-order valence-corrected chi connectivity index (χ1v) is 6.25. The molecule has 0 radical (unpaired) electrons. The quantitative estimate of drug-likeness (QED) is 0.800. The number of phenols is 1. The molecule has 1 rings (SSSR count). The van der Waals surface area contributed by atoms with Gasteiger partial charge in [0.2, 0.25) is 0 Å². The summed E-state index contributed by atoms with van der Waals surface area (Å²) in [5.41, 5.74) is 0.277.